The Balaban J connectivity index is 2.60. The minimum Gasteiger partial charge on any atom is -0.477 e. The van der Waals surface area contributed by atoms with Crippen LogP contribution in [0.1, 0.15) is 27.2 Å². The molecule has 0 aliphatic heterocycles. The molecule has 2 aromatic heterocycles. The number of rotatable bonds is 4. The number of aromatic carboxylic acids is 1. The molecule has 0 aliphatic rings. The number of aromatic nitrogens is 2. The first-order chi connectivity index (χ1) is 11.9. The third-order valence-corrected chi connectivity index (χ3v) is 3.42. The number of carbonyl (C=O) groups is 1. The molecule has 5 nitrogen and oxygen atoms in total. The van der Waals surface area contributed by atoms with E-state index in [4.69, 9.17) is 4.74 Å². The number of ether oxygens (including phenoxy) is 1. The Morgan fingerprint density at radius 3 is 2.27 bits per heavy atom. The van der Waals surface area contributed by atoms with Crippen LogP contribution in [-0.4, -0.2) is 27.2 Å². The van der Waals surface area contributed by atoms with Crippen LogP contribution >= 0.6 is 0 Å². The Bertz CT molecular complexity index is 867. The predicted octanol–water partition coefficient (Wildman–Crippen LogP) is 4.38. The molecule has 0 saturated heterocycles. The maximum Gasteiger partial charge on any atom is 0.458 e. The molecule has 0 radical (unpaired) electrons. The molecule has 26 heavy (non-hydrogen) atoms. The summed E-state index contributed by atoms with van der Waals surface area (Å²) in [6.45, 7) is 2.10. The number of carboxylic acid groups (broad SMARTS) is 1. The largest absolute Gasteiger partial charge is 0.477 e. The molecular weight excluding hydrogens is 370 g/mol. The van der Waals surface area contributed by atoms with Crippen LogP contribution in [0.3, 0.4) is 0 Å². The van der Waals surface area contributed by atoms with E-state index in [1.54, 1.807) is 0 Å². The SMILES string of the molecule is Cc1nc(F)ccc1Oc1ncc(C(F)(F)C(F)(F)F)c(C)c1C(=O)O. The molecular formula is C15H10F6N2O3. The highest BCUT2D eigenvalue weighted by Gasteiger charge is 2.60. The summed E-state index contributed by atoms with van der Waals surface area (Å²) < 4.78 is 83.0. The fraction of sp³-hybridized carbons (Fsp3) is 0.267. The van der Waals surface area contributed by atoms with Crippen molar-refractivity contribution in [1.82, 2.24) is 9.97 Å². The van der Waals surface area contributed by atoms with Crippen molar-refractivity contribution < 1.29 is 41.0 Å². The van der Waals surface area contributed by atoms with Gasteiger partial charge in [-0.1, -0.05) is 0 Å². The number of alkyl halides is 5. The summed E-state index contributed by atoms with van der Waals surface area (Å²) in [5, 5.41) is 9.21. The van der Waals surface area contributed by atoms with E-state index < -0.39 is 46.6 Å². The fourth-order valence-electron chi connectivity index (χ4n) is 2.11. The van der Waals surface area contributed by atoms with Crippen molar-refractivity contribution in [3.8, 4) is 11.6 Å². The first-order valence-electron chi connectivity index (χ1n) is 6.85. The van der Waals surface area contributed by atoms with Crippen molar-refractivity contribution in [2.75, 3.05) is 0 Å². The van der Waals surface area contributed by atoms with Gasteiger partial charge in [-0.05, 0) is 31.5 Å². The van der Waals surface area contributed by atoms with Gasteiger partial charge in [0.15, 0.2) is 5.75 Å². The van der Waals surface area contributed by atoms with Crippen LogP contribution in [-0.2, 0) is 5.92 Å². The molecule has 140 valence electrons. The highest BCUT2D eigenvalue weighted by molar-refractivity contribution is 5.92. The molecule has 0 spiro atoms. The van der Waals surface area contributed by atoms with Crippen molar-refractivity contribution in [1.29, 1.82) is 0 Å². The van der Waals surface area contributed by atoms with Gasteiger partial charge >= 0.3 is 18.1 Å². The number of nitrogens with zero attached hydrogens (tertiary/aromatic N) is 2. The lowest BCUT2D eigenvalue weighted by Crippen LogP contribution is -2.35. The molecule has 2 heterocycles. The first-order valence-corrected chi connectivity index (χ1v) is 6.85. The van der Waals surface area contributed by atoms with Crippen LogP contribution in [0.2, 0.25) is 0 Å². The number of halogens is 6. The third kappa shape index (κ3) is 3.41. The standard InChI is InChI=1S/C15H10F6N2O3/c1-6-8(14(17,18)15(19,20)21)5-22-12(11(6)13(24)25)26-9-3-4-10(16)23-7(9)2/h3-5H,1-2H3,(H,24,25). The summed E-state index contributed by atoms with van der Waals surface area (Å²) in [4.78, 5) is 18.1. The molecule has 11 heteroatoms. The average molecular weight is 380 g/mol. The molecule has 0 unspecified atom stereocenters. The summed E-state index contributed by atoms with van der Waals surface area (Å²) in [6, 6.07) is 1.97. The maximum atomic E-state index is 13.6. The first kappa shape index (κ1) is 19.5. The highest BCUT2D eigenvalue weighted by Crippen LogP contribution is 2.46. The van der Waals surface area contributed by atoms with E-state index in [1.807, 2.05) is 0 Å². The fourth-order valence-corrected chi connectivity index (χ4v) is 2.11. The Morgan fingerprint density at radius 2 is 1.77 bits per heavy atom. The zero-order valence-corrected chi connectivity index (χ0v) is 13.2. The van der Waals surface area contributed by atoms with Crippen LogP contribution in [0.25, 0.3) is 0 Å². The molecule has 0 saturated carbocycles. The summed E-state index contributed by atoms with van der Waals surface area (Å²) in [6.07, 6.45) is -5.74. The van der Waals surface area contributed by atoms with E-state index in [1.165, 1.54) is 6.92 Å². The second kappa shape index (κ2) is 6.46. The smallest absolute Gasteiger partial charge is 0.458 e. The minimum atomic E-state index is -5.94. The quantitative estimate of drug-likeness (QED) is 0.630. The van der Waals surface area contributed by atoms with Gasteiger partial charge in [-0.25, -0.2) is 14.8 Å². The molecule has 0 amide bonds. The van der Waals surface area contributed by atoms with Crippen molar-refractivity contribution in [3.05, 3.63) is 46.7 Å². The summed E-state index contributed by atoms with van der Waals surface area (Å²) >= 11 is 0. The lowest BCUT2D eigenvalue weighted by Gasteiger charge is -2.22. The monoisotopic (exact) mass is 380 g/mol. The average Bonchev–Trinajstić information content (AvgIpc) is 2.48. The second-order valence-corrected chi connectivity index (χ2v) is 5.17. The Kier molecular flexibility index (Phi) is 4.84. The predicted molar refractivity (Wildman–Crippen MR) is 74.9 cm³/mol. The lowest BCUT2D eigenvalue weighted by atomic mass is 10.00. The third-order valence-electron chi connectivity index (χ3n) is 3.42. The number of hydrogen-bond acceptors (Lipinski definition) is 4. The Hall–Kier alpha value is -2.85. The van der Waals surface area contributed by atoms with Crippen LogP contribution in [0, 0.1) is 19.8 Å². The van der Waals surface area contributed by atoms with Gasteiger partial charge in [0.25, 0.3) is 0 Å². The van der Waals surface area contributed by atoms with Gasteiger partial charge in [-0.15, -0.1) is 0 Å². The van der Waals surface area contributed by atoms with E-state index in [9.17, 15) is 36.2 Å². The Labute approximate surface area is 142 Å². The molecule has 0 aliphatic carbocycles. The zero-order chi connectivity index (χ0) is 19.9. The Morgan fingerprint density at radius 1 is 1.15 bits per heavy atom. The van der Waals surface area contributed by atoms with Crippen LogP contribution in [0.5, 0.6) is 11.6 Å². The van der Waals surface area contributed by atoms with E-state index in [2.05, 4.69) is 9.97 Å². The van der Waals surface area contributed by atoms with Gasteiger partial charge in [0.1, 0.15) is 5.56 Å². The minimum absolute atomic E-state index is 0.00881. The van der Waals surface area contributed by atoms with Gasteiger partial charge in [-0.3, -0.25) is 0 Å². The van der Waals surface area contributed by atoms with Crippen LogP contribution < -0.4 is 4.74 Å². The molecule has 2 aromatic rings. The van der Waals surface area contributed by atoms with Crippen LogP contribution in [0.15, 0.2) is 18.3 Å². The van der Waals surface area contributed by atoms with Gasteiger partial charge in [0.05, 0.1) is 11.3 Å². The van der Waals surface area contributed by atoms with E-state index in [0.717, 1.165) is 19.1 Å². The summed E-state index contributed by atoms with van der Waals surface area (Å²) in [5.74, 6) is -8.85. The summed E-state index contributed by atoms with van der Waals surface area (Å²) in [5.41, 5.74) is -3.46. The van der Waals surface area contributed by atoms with Crippen molar-refractivity contribution in [2.45, 2.75) is 25.9 Å². The van der Waals surface area contributed by atoms with Crippen LogP contribution in [0.4, 0.5) is 26.3 Å². The van der Waals surface area contributed by atoms with Crippen molar-refractivity contribution in [2.24, 2.45) is 0 Å². The van der Waals surface area contributed by atoms with E-state index in [0.29, 0.717) is 0 Å². The van der Waals surface area contributed by atoms with E-state index >= 15 is 0 Å². The molecule has 2 rings (SSSR count). The second-order valence-electron chi connectivity index (χ2n) is 5.17. The molecule has 0 bridgehead atoms. The van der Waals surface area contributed by atoms with Gasteiger partial charge in [-0.2, -0.15) is 26.3 Å². The zero-order valence-electron chi connectivity index (χ0n) is 13.2. The molecule has 0 fully saturated rings. The van der Waals surface area contributed by atoms with Crippen molar-refractivity contribution in [3.63, 3.8) is 0 Å². The topological polar surface area (TPSA) is 72.3 Å². The van der Waals surface area contributed by atoms with E-state index in [-0.39, 0.29) is 17.6 Å². The summed E-state index contributed by atoms with van der Waals surface area (Å²) in [7, 11) is 0. The molecule has 0 aromatic carbocycles. The molecule has 1 N–H and O–H groups in total. The number of carboxylic acids is 1. The number of hydrogen-bond donors (Lipinski definition) is 1. The normalized spacial score (nSPS) is 12.2. The van der Waals surface area contributed by atoms with Gasteiger partial charge in [0, 0.05) is 6.20 Å². The van der Waals surface area contributed by atoms with Gasteiger partial charge in [0.2, 0.25) is 11.8 Å². The van der Waals surface area contributed by atoms with Crippen molar-refractivity contribution >= 4 is 5.97 Å². The number of pyridine rings is 2. The van der Waals surface area contributed by atoms with Gasteiger partial charge < -0.3 is 9.84 Å². The molecule has 0 atom stereocenters. The maximum absolute atomic E-state index is 13.6. The lowest BCUT2D eigenvalue weighted by molar-refractivity contribution is -0.289. The number of aryl methyl sites for hydroxylation is 1. The highest BCUT2D eigenvalue weighted by atomic mass is 19.4.